The number of aromatic nitrogens is 3. The van der Waals surface area contributed by atoms with Crippen LogP contribution in [-0.4, -0.2) is 20.9 Å². The average molecular weight is 304 g/mol. The van der Waals surface area contributed by atoms with Crippen LogP contribution in [0.25, 0.3) is 0 Å². The van der Waals surface area contributed by atoms with Crippen LogP contribution in [0.3, 0.4) is 0 Å². The lowest BCUT2D eigenvalue weighted by Gasteiger charge is -2.04. The second-order valence-corrected chi connectivity index (χ2v) is 4.32. The highest BCUT2D eigenvalue weighted by Crippen LogP contribution is 2.15. The van der Waals surface area contributed by atoms with E-state index in [2.05, 4.69) is 20.3 Å². The third kappa shape index (κ3) is 3.29. The van der Waals surface area contributed by atoms with E-state index in [1.54, 1.807) is 6.07 Å². The molecule has 2 aromatic rings. The summed E-state index contributed by atoms with van der Waals surface area (Å²) in [6, 6.07) is 4.42. The fraction of sp³-hybridized carbons (Fsp3) is 0. The van der Waals surface area contributed by atoms with Crippen molar-refractivity contribution in [1.82, 2.24) is 15.0 Å². The van der Waals surface area contributed by atoms with Crippen LogP contribution in [0, 0.1) is 0 Å². The minimum Gasteiger partial charge on any atom is -0.305 e. The molecular weight excluding hydrogens is 298 g/mol. The lowest BCUT2D eigenvalue weighted by atomic mass is 10.3. The largest absolute Gasteiger partial charge is 0.305 e. The first-order valence-electron chi connectivity index (χ1n) is 4.67. The van der Waals surface area contributed by atoms with E-state index in [0.29, 0.717) is 5.02 Å². The van der Waals surface area contributed by atoms with Crippen LogP contribution in [-0.2, 0) is 0 Å². The molecular formula is C10H5Cl3N4O. The van der Waals surface area contributed by atoms with Crippen LogP contribution in [0.15, 0.2) is 24.4 Å². The Hall–Kier alpha value is -1.43. The molecule has 2 rings (SSSR count). The monoisotopic (exact) mass is 302 g/mol. The highest BCUT2D eigenvalue weighted by Gasteiger charge is 2.09. The van der Waals surface area contributed by atoms with Gasteiger partial charge in [0.15, 0.2) is 0 Å². The highest BCUT2D eigenvalue weighted by molar-refractivity contribution is 6.32. The SMILES string of the molecule is O=C(Nc1cc(Cl)nc(Cl)n1)c1ccc(Cl)cn1. The molecule has 2 aromatic heterocycles. The number of halogens is 3. The number of nitrogens with one attached hydrogen (secondary N) is 1. The molecule has 0 spiro atoms. The van der Waals surface area contributed by atoms with Crippen LogP contribution in [0.1, 0.15) is 10.5 Å². The van der Waals surface area contributed by atoms with Gasteiger partial charge >= 0.3 is 0 Å². The molecule has 8 heteroatoms. The summed E-state index contributed by atoms with van der Waals surface area (Å²) < 4.78 is 0. The van der Waals surface area contributed by atoms with Crippen LogP contribution in [0.2, 0.25) is 15.5 Å². The summed E-state index contributed by atoms with van der Waals surface area (Å²) in [7, 11) is 0. The second kappa shape index (κ2) is 5.48. The quantitative estimate of drug-likeness (QED) is 0.684. The molecule has 5 nitrogen and oxygen atoms in total. The van der Waals surface area contributed by atoms with Gasteiger partial charge in [0.1, 0.15) is 16.7 Å². The average Bonchev–Trinajstić information content (AvgIpc) is 2.28. The number of hydrogen-bond acceptors (Lipinski definition) is 4. The molecule has 0 atom stereocenters. The van der Waals surface area contributed by atoms with Gasteiger partial charge in [0.05, 0.1) is 5.02 Å². The molecule has 0 bridgehead atoms. The Balaban J connectivity index is 2.18. The predicted octanol–water partition coefficient (Wildman–Crippen LogP) is 3.08. The van der Waals surface area contributed by atoms with Gasteiger partial charge < -0.3 is 5.32 Å². The minimum absolute atomic E-state index is 0.0538. The Bertz CT molecular complexity index is 568. The number of hydrogen-bond donors (Lipinski definition) is 1. The Morgan fingerprint density at radius 3 is 2.56 bits per heavy atom. The number of amides is 1. The summed E-state index contributed by atoms with van der Waals surface area (Å²) in [5, 5.41) is 3.02. The molecule has 0 saturated carbocycles. The zero-order valence-corrected chi connectivity index (χ0v) is 11.0. The third-order valence-corrected chi connectivity index (χ3v) is 2.46. The van der Waals surface area contributed by atoms with E-state index in [1.807, 2.05) is 0 Å². The first kappa shape index (κ1) is 13.0. The molecule has 92 valence electrons. The molecule has 0 aliphatic rings. The van der Waals surface area contributed by atoms with Crippen molar-refractivity contribution in [3.05, 3.63) is 45.5 Å². The molecule has 1 N–H and O–H groups in total. The van der Waals surface area contributed by atoms with Gasteiger partial charge in [-0.1, -0.05) is 23.2 Å². The molecule has 2 heterocycles. The summed E-state index contributed by atoms with van der Waals surface area (Å²) in [5.41, 5.74) is 0.199. The maximum Gasteiger partial charge on any atom is 0.275 e. The lowest BCUT2D eigenvalue weighted by molar-refractivity contribution is 0.102. The van der Waals surface area contributed by atoms with Gasteiger partial charge in [-0.3, -0.25) is 4.79 Å². The van der Waals surface area contributed by atoms with E-state index in [1.165, 1.54) is 18.3 Å². The summed E-state index contributed by atoms with van der Waals surface area (Å²) in [6.07, 6.45) is 1.37. The Kier molecular flexibility index (Phi) is 3.96. The highest BCUT2D eigenvalue weighted by atomic mass is 35.5. The Labute approximate surface area is 117 Å². The minimum atomic E-state index is -0.447. The molecule has 0 aliphatic carbocycles. The van der Waals surface area contributed by atoms with Gasteiger partial charge in [0.2, 0.25) is 5.28 Å². The van der Waals surface area contributed by atoms with Gasteiger partial charge in [0, 0.05) is 12.3 Å². The number of carbonyl (C=O) groups excluding carboxylic acids is 1. The summed E-state index contributed by atoms with van der Waals surface area (Å²) in [6.45, 7) is 0. The van der Waals surface area contributed by atoms with Crippen molar-refractivity contribution in [3.63, 3.8) is 0 Å². The topological polar surface area (TPSA) is 67.8 Å². The molecule has 0 radical (unpaired) electrons. The van der Waals surface area contributed by atoms with Crippen molar-refractivity contribution in [2.24, 2.45) is 0 Å². The summed E-state index contributed by atoms with van der Waals surface area (Å²) >= 11 is 17.0. The van der Waals surface area contributed by atoms with E-state index in [-0.39, 0.29) is 21.9 Å². The molecule has 0 fully saturated rings. The normalized spacial score (nSPS) is 10.2. The maximum absolute atomic E-state index is 11.8. The van der Waals surface area contributed by atoms with Crippen LogP contribution in [0.4, 0.5) is 5.82 Å². The van der Waals surface area contributed by atoms with Crippen LogP contribution >= 0.6 is 34.8 Å². The zero-order chi connectivity index (χ0) is 13.1. The van der Waals surface area contributed by atoms with Crippen molar-refractivity contribution in [2.45, 2.75) is 0 Å². The number of rotatable bonds is 2. The van der Waals surface area contributed by atoms with E-state index >= 15 is 0 Å². The van der Waals surface area contributed by atoms with E-state index in [9.17, 15) is 4.79 Å². The van der Waals surface area contributed by atoms with E-state index < -0.39 is 5.91 Å². The number of nitrogens with zero attached hydrogens (tertiary/aromatic N) is 3. The first-order valence-corrected chi connectivity index (χ1v) is 5.81. The van der Waals surface area contributed by atoms with E-state index in [0.717, 1.165) is 0 Å². The van der Waals surface area contributed by atoms with Gasteiger partial charge in [-0.2, -0.15) is 0 Å². The summed E-state index contributed by atoms with van der Waals surface area (Å²) in [4.78, 5) is 23.1. The van der Waals surface area contributed by atoms with Gasteiger partial charge in [-0.05, 0) is 23.7 Å². The fourth-order valence-electron chi connectivity index (χ4n) is 1.14. The van der Waals surface area contributed by atoms with Crippen LogP contribution < -0.4 is 5.32 Å². The summed E-state index contributed by atoms with van der Waals surface area (Å²) in [5.74, 6) is -0.251. The van der Waals surface area contributed by atoms with Crippen molar-refractivity contribution in [3.8, 4) is 0 Å². The van der Waals surface area contributed by atoms with E-state index in [4.69, 9.17) is 34.8 Å². The standard InChI is InChI=1S/C10H5Cl3N4O/c11-5-1-2-6(14-4-5)9(18)16-8-3-7(12)15-10(13)17-8/h1-4H,(H,15,16,17,18). The fourth-order valence-corrected chi connectivity index (χ4v) is 1.66. The molecule has 0 saturated heterocycles. The second-order valence-electron chi connectivity index (χ2n) is 3.16. The molecule has 0 aliphatic heterocycles. The molecule has 18 heavy (non-hydrogen) atoms. The maximum atomic E-state index is 11.8. The Morgan fingerprint density at radius 1 is 1.17 bits per heavy atom. The van der Waals surface area contributed by atoms with Crippen molar-refractivity contribution < 1.29 is 4.79 Å². The van der Waals surface area contributed by atoms with Gasteiger partial charge in [-0.25, -0.2) is 15.0 Å². The van der Waals surface area contributed by atoms with Crippen molar-refractivity contribution in [1.29, 1.82) is 0 Å². The molecule has 1 amide bonds. The zero-order valence-electron chi connectivity index (χ0n) is 8.69. The third-order valence-electron chi connectivity index (χ3n) is 1.87. The molecule has 0 unspecified atom stereocenters. The van der Waals surface area contributed by atoms with Gasteiger partial charge in [-0.15, -0.1) is 0 Å². The number of carbonyl (C=O) groups is 1. The first-order chi connectivity index (χ1) is 8.54. The van der Waals surface area contributed by atoms with Gasteiger partial charge in [0.25, 0.3) is 5.91 Å². The van der Waals surface area contributed by atoms with Crippen molar-refractivity contribution in [2.75, 3.05) is 5.32 Å². The number of pyridine rings is 1. The van der Waals surface area contributed by atoms with Crippen molar-refractivity contribution >= 4 is 46.5 Å². The Morgan fingerprint density at radius 2 is 1.94 bits per heavy atom. The lowest BCUT2D eigenvalue weighted by Crippen LogP contribution is -2.14. The smallest absolute Gasteiger partial charge is 0.275 e. The number of anilines is 1. The predicted molar refractivity (Wildman–Crippen MR) is 69.3 cm³/mol. The molecule has 0 aromatic carbocycles. The van der Waals surface area contributed by atoms with Crippen LogP contribution in [0.5, 0.6) is 0 Å².